The smallest absolute Gasteiger partial charge is 0.0237 e. The van der Waals surface area contributed by atoms with Crippen LogP contribution in [0, 0.1) is 29.6 Å². The third-order valence-corrected chi connectivity index (χ3v) is 6.96. The lowest BCUT2D eigenvalue weighted by atomic mass is 9.50. The Morgan fingerprint density at radius 2 is 1.75 bits per heavy atom. The molecule has 20 heavy (non-hydrogen) atoms. The van der Waals surface area contributed by atoms with E-state index in [9.17, 15) is 0 Å². The summed E-state index contributed by atoms with van der Waals surface area (Å²) >= 11 is 0. The first-order chi connectivity index (χ1) is 9.87. The number of rotatable bonds is 2. The van der Waals surface area contributed by atoms with E-state index in [1.165, 1.54) is 18.5 Å². The zero-order valence-corrected chi connectivity index (χ0v) is 12.3. The van der Waals surface area contributed by atoms with Gasteiger partial charge in [-0.2, -0.15) is 0 Å². The maximum Gasteiger partial charge on any atom is 0.0237 e. The molecular formula is C18H26N2. The highest BCUT2D eigenvalue weighted by Gasteiger charge is 2.48. The molecule has 2 nitrogen and oxygen atoms in total. The Bertz CT molecular complexity index is 475. The summed E-state index contributed by atoms with van der Waals surface area (Å²) < 4.78 is 0. The molecule has 2 heterocycles. The molecule has 4 fully saturated rings. The average Bonchev–Trinajstić information content (AvgIpc) is 2.91. The first-order valence-electron chi connectivity index (χ1n) is 8.73. The van der Waals surface area contributed by atoms with Crippen molar-refractivity contribution in [2.45, 2.75) is 51.0 Å². The second-order valence-corrected chi connectivity index (χ2v) is 8.07. The quantitative estimate of drug-likeness (QED) is 0.843. The lowest BCUT2D eigenvalue weighted by Gasteiger charge is -2.55. The molecule has 4 bridgehead atoms. The molecule has 4 aliphatic carbocycles. The first kappa shape index (κ1) is 11.9. The molecule has 0 spiro atoms. The highest BCUT2D eigenvalue weighted by Crippen LogP contribution is 2.58. The van der Waals surface area contributed by atoms with Gasteiger partial charge < -0.3 is 10.3 Å². The van der Waals surface area contributed by atoms with Crippen LogP contribution in [-0.4, -0.2) is 11.5 Å². The standard InChI is InChI=1S/C18H26N2/c1-2-20-18-13(1)9-19-10-16(18)8-17-14-4-11-3-12(6-14)7-15(17)5-11/h1-2,11-12,14-17,19-20H,3-10H2. The minimum atomic E-state index is 0.747. The Morgan fingerprint density at radius 3 is 2.50 bits per heavy atom. The number of aromatic nitrogens is 1. The van der Waals surface area contributed by atoms with Crippen LogP contribution >= 0.6 is 0 Å². The lowest BCUT2D eigenvalue weighted by molar-refractivity contribution is -0.0425. The van der Waals surface area contributed by atoms with Crippen molar-refractivity contribution < 1.29 is 0 Å². The molecule has 0 aromatic carbocycles. The van der Waals surface area contributed by atoms with Gasteiger partial charge in [0.15, 0.2) is 0 Å². The Balaban J connectivity index is 1.38. The van der Waals surface area contributed by atoms with E-state index in [2.05, 4.69) is 22.6 Å². The summed E-state index contributed by atoms with van der Waals surface area (Å²) in [5.41, 5.74) is 3.07. The van der Waals surface area contributed by atoms with Crippen LogP contribution < -0.4 is 5.32 Å². The highest BCUT2D eigenvalue weighted by molar-refractivity contribution is 5.27. The van der Waals surface area contributed by atoms with Gasteiger partial charge >= 0.3 is 0 Å². The second kappa shape index (κ2) is 4.37. The topological polar surface area (TPSA) is 27.8 Å². The fourth-order valence-corrected chi connectivity index (χ4v) is 6.38. The van der Waals surface area contributed by atoms with Gasteiger partial charge in [0, 0.05) is 30.9 Å². The number of fused-ring (bicyclic) bond motifs is 1. The van der Waals surface area contributed by atoms with Crippen molar-refractivity contribution in [1.29, 1.82) is 0 Å². The molecule has 4 saturated carbocycles. The third kappa shape index (κ3) is 1.73. The Labute approximate surface area is 121 Å². The summed E-state index contributed by atoms with van der Waals surface area (Å²) in [4.78, 5) is 3.54. The Morgan fingerprint density at radius 1 is 1.00 bits per heavy atom. The van der Waals surface area contributed by atoms with E-state index >= 15 is 0 Å². The monoisotopic (exact) mass is 270 g/mol. The van der Waals surface area contributed by atoms with Gasteiger partial charge in [-0.3, -0.25) is 0 Å². The van der Waals surface area contributed by atoms with Gasteiger partial charge in [0.05, 0.1) is 0 Å². The largest absolute Gasteiger partial charge is 0.364 e. The molecule has 2 heteroatoms. The Hall–Kier alpha value is -0.760. The van der Waals surface area contributed by atoms with Crippen LogP contribution in [0.5, 0.6) is 0 Å². The van der Waals surface area contributed by atoms with E-state index < -0.39 is 0 Å². The molecule has 1 atom stereocenters. The van der Waals surface area contributed by atoms with Gasteiger partial charge in [-0.1, -0.05) is 0 Å². The van der Waals surface area contributed by atoms with Crippen LogP contribution in [0.3, 0.4) is 0 Å². The minimum Gasteiger partial charge on any atom is -0.364 e. The van der Waals surface area contributed by atoms with Gasteiger partial charge in [0.1, 0.15) is 0 Å². The number of hydrogen-bond acceptors (Lipinski definition) is 1. The molecule has 0 radical (unpaired) electrons. The van der Waals surface area contributed by atoms with E-state index in [0.717, 1.165) is 42.1 Å². The number of aromatic amines is 1. The van der Waals surface area contributed by atoms with Crippen LogP contribution in [-0.2, 0) is 6.54 Å². The van der Waals surface area contributed by atoms with Crippen LogP contribution in [0.4, 0.5) is 0 Å². The fourth-order valence-electron chi connectivity index (χ4n) is 6.38. The molecule has 1 unspecified atom stereocenters. The van der Waals surface area contributed by atoms with Crippen molar-refractivity contribution in [3.63, 3.8) is 0 Å². The van der Waals surface area contributed by atoms with Crippen molar-refractivity contribution in [2.75, 3.05) is 6.54 Å². The van der Waals surface area contributed by atoms with Crippen molar-refractivity contribution in [3.8, 4) is 0 Å². The van der Waals surface area contributed by atoms with Crippen LogP contribution in [0.1, 0.15) is 55.7 Å². The van der Waals surface area contributed by atoms with Crippen molar-refractivity contribution in [1.82, 2.24) is 10.3 Å². The third-order valence-electron chi connectivity index (χ3n) is 6.96. The van der Waals surface area contributed by atoms with E-state index in [1.54, 1.807) is 37.8 Å². The zero-order valence-electron chi connectivity index (χ0n) is 12.3. The van der Waals surface area contributed by atoms with E-state index in [1.807, 2.05) is 0 Å². The fraction of sp³-hybridized carbons (Fsp3) is 0.778. The number of hydrogen-bond donors (Lipinski definition) is 2. The van der Waals surface area contributed by atoms with E-state index in [-0.39, 0.29) is 0 Å². The summed E-state index contributed by atoms with van der Waals surface area (Å²) in [5, 5.41) is 3.63. The Kier molecular flexibility index (Phi) is 2.59. The molecule has 1 aromatic rings. The second-order valence-electron chi connectivity index (χ2n) is 8.07. The van der Waals surface area contributed by atoms with Crippen LogP contribution in [0.2, 0.25) is 0 Å². The van der Waals surface area contributed by atoms with Gasteiger partial charge in [-0.05, 0) is 79.7 Å². The molecule has 0 saturated heterocycles. The van der Waals surface area contributed by atoms with Crippen molar-refractivity contribution in [2.24, 2.45) is 29.6 Å². The molecule has 6 rings (SSSR count). The SMILES string of the molecule is c1cc2c([nH]1)C(CC1C3CC4CC(C3)CC1C4)CNC2. The van der Waals surface area contributed by atoms with Gasteiger partial charge in [-0.15, -0.1) is 0 Å². The zero-order chi connectivity index (χ0) is 13.1. The van der Waals surface area contributed by atoms with Crippen LogP contribution in [0.25, 0.3) is 0 Å². The average molecular weight is 270 g/mol. The molecular weight excluding hydrogens is 244 g/mol. The maximum absolute atomic E-state index is 3.63. The summed E-state index contributed by atoms with van der Waals surface area (Å²) in [6, 6.07) is 2.27. The molecule has 0 amide bonds. The lowest BCUT2D eigenvalue weighted by Crippen LogP contribution is -2.46. The predicted molar refractivity (Wildman–Crippen MR) is 80.4 cm³/mol. The molecule has 5 aliphatic rings. The summed E-state index contributed by atoms with van der Waals surface area (Å²) in [7, 11) is 0. The highest BCUT2D eigenvalue weighted by atomic mass is 14.9. The minimum absolute atomic E-state index is 0.747. The van der Waals surface area contributed by atoms with E-state index in [4.69, 9.17) is 0 Å². The van der Waals surface area contributed by atoms with Crippen molar-refractivity contribution in [3.05, 3.63) is 23.5 Å². The summed E-state index contributed by atoms with van der Waals surface area (Å²) in [6.45, 7) is 2.26. The summed E-state index contributed by atoms with van der Waals surface area (Å²) in [6.07, 6.45) is 11.4. The molecule has 1 aliphatic heterocycles. The molecule has 108 valence electrons. The number of H-pyrrole nitrogens is 1. The normalized spacial score (nSPS) is 45.6. The molecule has 2 N–H and O–H groups in total. The van der Waals surface area contributed by atoms with E-state index in [0.29, 0.717) is 0 Å². The maximum atomic E-state index is 3.63. The summed E-state index contributed by atoms with van der Waals surface area (Å²) in [5.74, 6) is 6.15. The van der Waals surface area contributed by atoms with Gasteiger partial charge in [-0.25, -0.2) is 0 Å². The predicted octanol–water partition coefficient (Wildman–Crippen LogP) is 3.66. The first-order valence-corrected chi connectivity index (χ1v) is 8.73. The number of nitrogens with one attached hydrogen (secondary N) is 2. The molecule has 1 aromatic heterocycles. The van der Waals surface area contributed by atoms with Crippen LogP contribution in [0.15, 0.2) is 12.3 Å². The van der Waals surface area contributed by atoms with Gasteiger partial charge in [0.25, 0.3) is 0 Å². The van der Waals surface area contributed by atoms with Gasteiger partial charge in [0.2, 0.25) is 0 Å². The van der Waals surface area contributed by atoms with Crippen molar-refractivity contribution >= 4 is 0 Å².